The van der Waals surface area contributed by atoms with Gasteiger partial charge in [-0.2, -0.15) is 0 Å². The smallest absolute Gasteiger partial charge is 0.335 e. The molecule has 5 heteroatoms. The van der Waals surface area contributed by atoms with E-state index in [-0.39, 0.29) is 11.4 Å². The molecule has 0 saturated heterocycles. The van der Waals surface area contributed by atoms with Crippen LogP contribution >= 0.6 is 15.9 Å². The van der Waals surface area contributed by atoms with Gasteiger partial charge in [0.1, 0.15) is 5.82 Å². The Morgan fingerprint density at radius 1 is 1.30 bits per heavy atom. The largest absolute Gasteiger partial charge is 0.478 e. The Labute approximate surface area is 124 Å². The molecule has 0 aliphatic heterocycles. The molecule has 0 aromatic heterocycles. The standard InChI is InChI=1S/C15H13BrFNO2/c1-9-6-11(15(19)20)3-5-14(9)18-8-10-2-4-13(17)12(16)7-10/h2-7,18H,8H2,1H3,(H,19,20). The molecule has 20 heavy (non-hydrogen) atoms. The van der Waals surface area contributed by atoms with Crippen LogP contribution < -0.4 is 5.32 Å². The van der Waals surface area contributed by atoms with Crippen LogP contribution in [0.3, 0.4) is 0 Å². The normalized spacial score (nSPS) is 10.3. The van der Waals surface area contributed by atoms with Gasteiger partial charge in [0.2, 0.25) is 0 Å². The maximum atomic E-state index is 13.1. The number of anilines is 1. The molecule has 0 amide bonds. The lowest BCUT2D eigenvalue weighted by Crippen LogP contribution is -2.03. The first kappa shape index (κ1) is 14.5. The maximum Gasteiger partial charge on any atom is 0.335 e. The van der Waals surface area contributed by atoms with Gasteiger partial charge in [-0.25, -0.2) is 9.18 Å². The minimum atomic E-state index is -0.942. The van der Waals surface area contributed by atoms with E-state index < -0.39 is 5.97 Å². The van der Waals surface area contributed by atoms with Crippen LogP contribution in [-0.4, -0.2) is 11.1 Å². The number of rotatable bonds is 4. The summed E-state index contributed by atoms with van der Waals surface area (Å²) in [5.41, 5.74) is 2.90. The highest BCUT2D eigenvalue weighted by Gasteiger charge is 2.06. The lowest BCUT2D eigenvalue weighted by atomic mass is 10.1. The molecule has 0 aliphatic rings. The zero-order chi connectivity index (χ0) is 14.7. The molecule has 0 bridgehead atoms. The van der Waals surface area contributed by atoms with Gasteiger partial charge >= 0.3 is 5.97 Å². The van der Waals surface area contributed by atoms with Gasteiger partial charge in [-0.05, 0) is 64.3 Å². The van der Waals surface area contributed by atoms with Crippen LogP contribution in [0.4, 0.5) is 10.1 Å². The first-order valence-electron chi connectivity index (χ1n) is 5.99. The highest BCUT2D eigenvalue weighted by atomic mass is 79.9. The van der Waals surface area contributed by atoms with Gasteiger partial charge in [-0.15, -0.1) is 0 Å². The zero-order valence-corrected chi connectivity index (χ0v) is 12.4. The van der Waals surface area contributed by atoms with Crippen LogP contribution in [0.1, 0.15) is 21.5 Å². The van der Waals surface area contributed by atoms with E-state index >= 15 is 0 Å². The molecule has 0 unspecified atom stereocenters. The summed E-state index contributed by atoms with van der Waals surface area (Å²) in [6.45, 7) is 2.38. The average Bonchev–Trinajstić information content (AvgIpc) is 2.41. The van der Waals surface area contributed by atoms with Gasteiger partial charge in [0.25, 0.3) is 0 Å². The first-order chi connectivity index (χ1) is 9.47. The highest BCUT2D eigenvalue weighted by Crippen LogP contribution is 2.20. The van der Waals surface area contributed by atoms with Crippen molar-refractivity contribution in [1.29, 1.82) is 0 Å². The van der Waals surface area contributed by atoms with Crippen molar-refractivity contribution < 1.29 is 14.3 Å². The second-order valence-electron chi connectivity index (χ2n) is 4.44. The van der Waals surface area contributed by atoms with Crippen molar-refractivity contribution in [3.8, 4) is 0 Å². The van der Waals surface area contributed by atoms with Crippen LogP contribution in [0.5, 0.6) is 0 Å². The van der Waals surface area contributed by atoms with E-state index in [1.165, 1.54) is 6.07 Å². The molecule has 2 N–H and O–H groups in total. The minimum absolute atomic E-state index is 0.262. The van der Waals surface area contributed by atoms with E-state index in [4.69, 9.17) is 5.11 Å². The molecule has 2 rings (SSSR count). The summed E-state index contributed by atoms with van der Waals surface area (Å²) in [5, 5.41) is 12.1. The van der Waals surface area contributed by atoms with Gasteiger partial charge in [0.05, 0.1) is 10.0 Å². The van der Waals surface area contributed by atoms with Gasteiger partial charge in [0.15, 0.2) is 0 Å². The monoisotopic (exact) mass is 337 g/mol. The Bertz CT molecular complexity index is 658. The molecule has 3 nitrogen and oxygen atoms in total. The molecule has 2 aromatic carbocycles. The van der Waals surface area contributed by atoms with E-state index in [9.17, 15) is 9.18 Å². The number of carbonyl (C=O) groups is 1. The van der Waals surface area contributed by atoms with Gasteiger partial charge in [0, 0.05) is 12.2 Å². The number of carboxylic acids is 1. The van der Waals surface area contributed by atoms with Gasteiger partial charge in [-0.3, -0.25) is 0 Å². The molecule has 0 heterocycles. The van der Waals surface area contributed by atoms with Crippen LogP contribution in [0.25, 0.3) is 0 Å². The third-order valence-corrected chi connectivity index (χ3v) is 3.55. The van der Waals surface area contributed by atoms with Crippen molar-refractivity contribution in [2.24, 2.45) is 0 Å². The number of hydrogen-bond acceptors (Lipinski definition) is 2. The number of aryl methyl sites for hydroxylation is 1. The van der Waals surface area contributed by atoms with Crippen molar-refractivity contribution in [3.63, 3.8) is 0 Å². The number of carboxylic acid groups (broad SMARTS) is 1. The van der Waals surface area contributed by atoms with Crippen LogP contribution in [0, 0.1) is 12.7 Å². The van der Waals surface area contributed by atoms with E-state index in [1.54, 1.807) is 30.3 Å². The van der Waals surface area contributed by atoms with E-state index in [1.807, 2.05) is 6.92 Å². The van der Waals surface area contributed by atoms with E-state index in [2.05, 4.69) is 21.2 Å². The number of hydrogen-bond donors (Lipinski definition) is 2. The molecule has 0 radical (unpaired) electrons. The molecule has 104 valence electrons. The lowest BCUT2D eigenvalue weighted by molar-refractivity contribution is 0.0697. The summed E-state index contributed by atoms with van der Waals surface area (Å²) in [5.74, 6) is -1.24. The predicted molar refractivity (Wildman–Crippen MR) is 79.6 cm³/mol. The molecule has 0 saturated carbocycles. The third kappa shape index (κ3) is 3.36. The summed E-state index contributed by atoms with van der Waals surface area (Å²) in [6, 6.07) is 9.72. The SMILES string of the molecule is Cc1cc(C(=O)O)ccc1NCc1ccc(F)c(Br)c1. The molecule has 2 aromatic rings. The van der Waals surface area contributed by atoms with Gasteiger partial charge < -0.3 is 10.4 Å². The van der Waals surface area contributed by atoms with Crippen molar-refractivity contribution in [3.05, 3.63) is 63.4 Å². The van der Waals surface area contributed by atoms with Gasteiger partial charge in [-0.1, -0.05) is 6.07 Å². The second-order valence-corrected chi connectivity index (χ2v) is 5.29. The Hall–Kier alpha value is -1.88. The molecule has 0 spiro atoms. The Balaban J connectivity index is 2.10. The fourth-order valence-corrected chi connectivity index (χ4v) is 2.27. The number of benzene rings is 2. The van der Waals surface area contributed by atoms with Crippen molar-refractivity contribution in [1.82, 2.24) is 0 Å². The Morgan fingerprint density at radius 3 is 2.65 bits per heavy atom. The third-order valence-electron chi connectivity index (χ3n) is 2.94. The number of halogens is 2. The molecule has 0 aliphatic carbocycles. The predicted octanol–water partition coefficient (Wildman–Crippen LogP) is 4.21. The molecular formula is C15H13BrFNO2. The Kier molecular flexibility index (Phi) is 4.39. The average molecular weight is 338 g/mol. The second kappa shape index (κ2) is 6.05. The van der Waals surface area contributed by atoms with Crippen LogP contribution in [0.2, 0.25) is 0 Å². The van der Waals surface area contributed by atoms with Crippen molar-refractivity contribution >= 4 is 27.6 Å². The molecular weight excluding hydrogens is 325 g/mol. The summed E-state index contributed by atoms with van der Waals surface area (Å²) in [6.07, 6.45) is 0. The number of aromatic carboxylic acids is 1. The highest BCUT2D eigenvalue weighted by molar-refractivity contribution is 9.10. The maximum absolute atomic E-state index is 13.1. The molecule has 0 fully saturated rings. The Morgan fingerprint density at radius 2 is 2.05 bits per heavy atom. The number of nitrogens with one attached hydrogen (secondary N) is 1. The minimum Gasteiger partial charge on any atom is -0.478 e. The van der Waals surface area contributed by atoms with Crippen LogP contribution in [0.15, 0.2) is 40.9 Å². The zero-order valence-electron chi connectivity index (χ0n) is 10.8. The molecule has 0 atom stereocenters. The fourth-order valence-electron chi connectivity index (χ4n) is 1.84. The topological polar surface area (TPSA) is 49.3 Å². The van der Waals surface area contributed by atoms with Crippen LogP contribution in [-0.2, 0) is 6.54 Å². The van der Waals surface area contributed by atoms with Crippen molar-refractivity contribution in [2.45, 2.75) is 13.5 Å². The summed E-state index contributed by atoms with van der Waals surface area (Å²) in [4.78, 5) is 10.9. The van der Waals surface area contributed by atoms with E-state index in [0.717, 1.165) is 16.8 Å². The summed E-state index contributed by atoms with van der Waals surface area (Å²) in [7, 11) is 0. The lowest BCUT2D eigenvalue weighted by Gasteiger charge is -2.10. The van der Waals surface area contributed by atoms with E-state index in [0.29, 0.717) is 11.0 Å². The fraction of sp³-hybridized carbons (Fsp3) is 0.133. The summed E-state index contributed by atoms with van der Waals surface area (Å²) >= 11 is 3.14. The quantitative estimate of drug-likeness (QED) is 0.878. The first-order valence-corrected chi connectivity index (χ1v) is 6.78. The van der Waals surface area contributed by atoms with Crippen molar-refractivity contribution in [2.75, 3.05) is 5.32 Å². The summed E-state index contributed by atoms with van der Waals surface area (Å²) < 4.78 is 13.5.